The zero-order valence-electron chi connectivity index (χ0n) is 9.16. The zero-order valence-corrected chi connectivity index (χ0v) is 10.7. The average Bonchev–Trinajstić information content (AvgIpc) is 2.33. The fraction of sp³-hybridized carbons (Fsp3) is 0.0909. The monoisotopic (exact) mass is 334 g/mol. The minimum absolute atomic E-state index is 0.0109. The van der Waals surface area contributed by atoms with E-state index < -0.39 is 23.0 Å². The quantitative estimate of drug-likeness (QED) is 0.870. The lowest BCUT2D eigenvalue weighted by atomic mass is 10.2. The summed E-state index contributed by atoms with van der Waals surface area (Å²) >= 11 is 2.91. The van der Waals surface area contributed by atoms with Crippen LogP contribution in [0, 0.1) is 0 Å². The first-order valence-electron chi connectivity index (χ1n) is 4.98. The van der Waals surface area contributed by atoms with Crippen LogP contribution in [0.3, 0.4) is 0 Å². The predicted octanol–water partition coefficient (Wildman–Crippen LogP) is 2.31. The van der Waals surface area contributed by atoms with E-state index in [-0.39, 0.29) is 10.2 Å². The molecule has 0 unspecified atom stereocenters. The van der Waals surface area contributed by atoms with Gasteiger partial charge < -0.3 is 0 Å². The van der Waals surface area contributed by atoms with Crippen molar-refractivity contribution in [3.8, 4) is 5.69 Å². The van der Waals surface area contributed by atoms with Crippen molar-refractivity contribution in [2.24, 2.45) is 0 Å². The van der Waals surface area contributed by atoms with Crippen molar-refractivity contribution in [3.63, 3.8) is 0 Å². The van der Waals surface area contributed by atoms with Crippen LogP contribution in [0.4, 0.5) is 13.2 Å². The molecular weight excluding hydrogens is 329 g/mol. The smallest absolute Gasteiger partial charge is 0.273 e. The van der Waals surface area contributed by atoms with Gasteiger partial charge in [-0.25, -0.2) is 4.79 Å². The van der Waals surface area contributed by atoms with Gasteiger partial charge in [-0.1, -0.05) is 6.07 Å². The van der Waals surface area contributed by atoms with Crippen molar-refractivity contribution >= 4 is 15.9 Å². The number of hydrogen-bond donors (Lipinski definition) is 1. The maximum absolute atomic E-state index is 12.6. The number of aromatic amines is 1. The van der Waals surface area contributed by atoms with Crippen LogP contribution < -0.4 is 11.2 Å². The molecule has 1 heterocycles. The summed E-state index contributed by atoms with van der Waals surface area (Å²) in [5.74, 6) is 0. The van der Waals surface area contributed by atoms with E-state index >= 15 is 0 Å². The first-order chi connectivity index (χ1) is 8.79. The van der Waals surface area contributed by atoms with Gasteiger partial charge in [0.15, 0.2) is 0 Å². The number of benzene rings is 1. The fourth-order valence-electron chi connectivity index (χ4n) is 1.47. The average molecular weight is 335 g/mol. The molecule has 0 amide bonds. The number of nitrogens with zero attached hydrogens (tertiary/aromatic N) is 1. The normalized spacial score (nSPS) is 11.6. The van der Waals surface area contributed by atoms with Crippen molar-refractivity contribution in [1.82, 2.24) is 9.55 Å². The summed E-state index contributed by atoms with van der Waals surface area (Å²) in [5.41, 5.74) is -2.32. The van der Waals surface area contributed by atoms with Crippen LogP contribution in [0.25, 0.3) is 5.69 Å². The molecule has 19 heavy (non-hydrogen) atoms. The third-order valence-electron chi connectivity index (χ3n) is 2.35. The second kappa shape index (κ2) is 4.69. The summed E-state index contributed by atoms with van der Waals surface area (Å²) in [6.45, 7) is 0. The number of nitrogens with one attached hydrogen (secondary N) is 1. The van der Waals surface area contributed by atoms with Gasteiger partial charge in [-0.15, -0.1) is 0 Å². The van der Waals surface area contributed by atoms with Gasteiger partial charge in [0.1, 0.15) is 0 Å². The van der Waals surface area contributed by atoms with Crippen LogP contribution in [-0.4, -0.2) is 9.55 Å². The van der Waals surface area contributed by atoms with Crippen LogP contribution in [0.15, 0.2) is 44.5 Å². The molecule has 0 aliphatic carbocycles. The highest BCUT2D eigenvalue weighted by Gasteiger charge is 2.30. The Labute approximate surface area is 112 Å². The maximum atomic E-state index is 12.6. The van der Waals surface area contributed by atoms with Gasteiger partial charge in [0.05, 0.1) is 15.7 Å². The van der Waals surface area contributed by atoms with Gasteiger partial charge in [-0.05, 0) is 34.1 Å². The summed E-state index contributed by atoms with van der Waals surface area (Å²) in [6.07, 6.45) is -3.38. The van der Waals surface area contributed by atoms with E-state index in [1.807, 2.05) is 4.98 Å². The first kappa shape index (κ1) is 13.6. The number of alkyl halides is 3. The van der Waals surface area contributed by atoms with Crippen LogP contribution >= 0.6 is 15.9 Å². The minimum Gasteiger partial charge on any atom is -0.273 e. The minimum atomic E-state index is -4.50. The lowest BCUT2D eigenvalue weighted by Crippen LogP contribution is -2.28. The molecule has 0 atom stereocenters. The van der Waals surface area contributed by atoms with Crippen molar-refractivity contribution in [2.75, 3.05) is 0 Å². The summed E-state index contributed by atoms with van der Waals surface area (Å²) in [5, 5.41) is 0. The van der Waals surface area contributed by atoms with E-state index in [9.17, 15) is 22.8 Å². The number of hydrogen-bond acceptors (Lipinski definition) is 2. The molecule has 1 aromatic heterocycles. The Morgan fingerprint density at radius 1 is 1.21 bits per heavy atom. The molecule has 0 saturated carbocycles. The molecule has 100 valence electrons. The standard InChI is InChI=1S/C11H6BrF3N2O2/c12-8-5-17(10(19)16-9(8)18)7-3-1-2-6(4-7)11(13,14)15/h1-5H,(H,16,18,19). The van der Waals surface area contributed by atoms with Crippen LogP contribution in [-0.2, 0) is 6.18 Å². The molecule has 1 N–H and O–H groups in total. The van der Waals surface area contributed by atoms with Crippen molar-refractivity contribution in [3.05, 3.63) is 61.3 Å². The molecule has 0 radical (unpaired) electrons. The first-order valence-corrected chi connectivity index (χ1v) is 5.77. The number of rotatable bonds is 1. The molecule has 8 heteroatoms. The molecule has 0 aliphatic heterocycles. The van der Waals surface area contributed by atoms with Crippen LogP contribution in [0.2, 0.25) is 0 Å². The van der Waals surface area contributed by atoms with Gasteiger partial charge in [-0.2, -0.15) is 13.2 Å². The molecule has 0 spiro atoms. The van der Waals surface area contributed by atoms with Crippen LogP contribution in [0.5, 0.6) is 0 Å². The zero-order chi connectivity index (χ0) is 14.2. The molecule has 2 rings (SSSR count). The molecule has 1 aromatic carbocycles. The number of aromatic nitrogens is 2. The molecule has 2 aromatic rings. The van der Waals surface area contributed by atoms with E-state index in [4.69, 9.17) is 0 Å². The number of halogens is 4. The molecule has 0 saturated heterocycles. The predicted molar refractivity (Wildman–Crippen MR) is 65.4 cm³/mol. The lowest BCUT2D eigenvalue weighted by molar-refractivity contribution is -0.137. The van der Waals surface area contributed by atoms with Gasteiger partial charge in [0.2, 0.25) is 0 Å². The summed E-state index contributed by atoms with van der Waals surface area (Å²) in [7, 11) is 0. The Morgan fingerprint density at radius 3 is 2.53 bits per heavy atom. The third kappa shape index (κ3) is 2.78. The van der Waals surface area contributed by atoms with Gasteiger partial charge in [0, 0.05) is 6.20 Å². The Balaban J connectivity index is 2.64. The molecule has 0 aliphatic rings. The molecule has 0 fully saturated rings. The van der Waals surface area contributed by atoms with Crippen LogP contribution in [0.1, 0.15) is 5.56 Å². The second-order valence-electron chi connectivity index (χ2n) is 3.65. The Kier molecular flexibility index (Phi) is 3.36. The van der Waals surface area contributed by atoms with E-state index in [1.54, 1.807) is 0 Å². The lowest BCUT2D eigenvalue weighted by Gasteiger charge is -2.10. The Bertz CT molecular complexity index is 734. The second-order valence-corrected chi connectivity index (χ2v) is 4.51. The van der Waals surface area contributed by atoms with Gasteiger partial charge >= 0.3 is 11.9 Å². The highest BCUT2D eigenvalue weighted by Crippen LogP contribution is 2.30. The SMILES string of the molecule is O=c1[nH]c(=O)n(-c2cccc(C(F)(F)F)c2)cc1Br. The van der Waals surface area contributed by atoms with Crippen molar-refractivity contribution in [2.45, 2.75) is 6.18 Å². The molecule has 0 bridgehead atoms. The number of H-pyrrole nitrogens is 1. The third-order valence-corrected chi connectivity index (χ3v) is 2.92. The maximum Gasteiger partial charge on any atom is 0.416 e. The molecular formula is C11H6BrF3N2O2. The topological polar surface area (TPSA) is 54.9 Å². The van der Waals surface area contributed by atoms with E-state index in [0.29, 0.717) is 0 Å². The Morgan fingerprint density at radius 2 is 1.89 bits per heavy atom. The van der Waals surface area contributed by atoms with Crippen molar-refractivity contribution < 1.29 is 13.2 Å². The molecule has 4 nitrogen and oxygen atoms in total. The van der Waals surface area contributed by atoms with Gasteiger partial charge in [0.25, 0.3) is 5.56 Å². The highest BCUT2D eigenvalue weighted by molar-refractivity contribution is 9.10. The summed E-state index contributed by atoms with van der Waals surface area (Å²) < 4.78 is 38.7. The van der Waals surface area contributed by atoms with E-state index in [1.165, 1.54) is 12.1 Å². The largest absolute Gasteiger partial charge is 0.416 e. The van der Waals surface area contributed by atoms with E-state index in [0.717, 1.165) is 22.9 Å². The Hall–Kier alpha value is -1.83. The highest BCUT2D eigenvalue weighted by atomic mass is 79.9. The van der Waals surface area contributed by atoms with E-state index in [2.05, 4.69) is 15.9 Å². The van der Waals surface area contributed by atoms with Gasteiger partial charge in [-0.3, -0.25) is 14.3 Å². The fourth-order valence-corrected chi connectivity index (χ4v) is 1.78. The van der Waals surface area contributed by atoms with Crippen molar-refractivity contribution in [1.29, 1.82) is 0 Å². The summed E-state index contributed by atoms with van der Waals surface area (Å²) in [4.78, 5) is 24.7. The summed E-state index contributed by atoms with van der Waals surface area (Å²) in [6, 6.07) is 4.24.